The van der Waals surface area contributed by atoms with Gasteiger partial charge in [-0.15, -0.1) is 0 Å². The van der Waals surface area contributed by atoms with Crippen LogP contribution in [-0.2, 0) is 6.54 Å². The maximum Gasteiger partial charge on any atom is 0.255 e. The molecule has 0 aliphatic carbocycles. The second-order valence-electron chi connectivity index (χ2n) is 3.41. The molecule has 0 fully saturated rings. The lowest BCUT2D eigenvalue weighted by atomic mass is 10.2. The van der Waals surface area contributed by atoms with E-state index in [9.17, 15) is 9.18 Å². The molecule has 0 spiro atoms. The van der Waals surface area contributed by atoms with E-state index in [1.54, 1.807) is 23.5 Å². The summed E-state index contributed by atoms with van der Waals surface area (Å²) in [5, 5.41) is 6.55. The topological polar surface area (TPSA) is 29.1 Å². The molecular formula is C12H9BrFNOS. The lowest BCUT2D eigenvalue weighted by Crippen LogP contribution is -2.24. The fraction of sp³-hybridized carbons (Fsp3) is 0.0833. The van der Waals surface area contributed by atoms with Gasteiger partial charge in [-0.05, 0) is 50.5 Å². The summed E-state index contributed by atoms with van der Waals surface area (Å²) in [4.78, 5) is 11.8. The van der Waals surface area contributed by atoms with E-state index in [0.717, 1.165) is 5.56 Å². The van der Waals surface area contributed by atoms with Crippen molar-refractivity contribution in [3.05, 3.63) is 56.4 Å². The molecular weight excluding hydrogens is 305 g/mol. The highest BCUT2D eigenvalue weighted by Crippen LogP contribution is 2.19. The lowest BCUT2D eigenvalue weighted by molar-refractivity contribution is 0.0946. The lowest BCUT2D eigenvalue weighted by Gasteiger charge is -2.06. The van der Waals surface area contributed by atoms with E-state index in [4.69, 9.17) is 0 Å². The van der Waals surface area contributed by atoms with Gasteiger partial charge in [-0.1, -0.05) is 6.07 Å². The number of amides is 1. The summed E-state index contributed by atoms with van der Waals surface area (Å²) in [5.41, 5.74) is 1.05. The molecule has 1 N–H and O–H groups in total. The van der Waals surface area contributed by atoms with Crippen LogP contribution in [0.1, 0.15) is 15.9 Å². The Hall–Kier alpha value is -1.20. The fourth-order valence-corrected chi connectivity index (χ4v) is 2.57. The molecule has 0 aliphatic heterocycles. The minimum absolute atomic E-state index is 0.0442. The maximum absolute atomic E-state index is 13.5. The number of nitrogens with one attached hydrogen (secondary N) is 1. The van der Waals surface area contributed by atoms with E-state index in [1.807, 2.05) is 16.8 Å². The van der Waals surface area contributed by atoms with Crippen LogP contribution in [0.2, 0.25) is 0 Å². The van der Waals surface area contributed by atoms with Gasteiger partial charge < -0.3 is 5.32 Å². The normalized spacial score (nSPS) is 10.2. The number of carbonyl (C=O) groups excluding carboxylic acids is 1. The molecule has 1 heterocycles. The molecule has 0 unspecified atom stereocenters. The fourth-order valence-electron chi connectivity index (χ4n) is 1.38. The van der Waals surface area contributed by atoms with Gasteiger partial charge in [0.05, 0.1) is 5.56 Å². The van der Waals surface area contributed by atoms with Crippen molar-refractivity contribution in [3.63, 3.8) is 0 Å². The van der Waals surface area contributed by atoms with Crippen molar-refractivity contribution in [3.8, 4) is 0 Å². The van der Waals surface area contributed by atoms with Gasteiger partial charge in [0.15, 0.2) is 0 Å². The molecule has 1 aromatic heterocycles. The van der Waals surface area contributed by atoms with Crippen LogP contribution in [0.15, 0.2) is 39.5 Å². The van der Waals surface area contributed by atoms with Gasteiger partial charge in [0, 0.05) is 11.0 Å². The molecule has 5 heteroatoms. The quantitative estimate of drug-likeness (QED) is 0.922. The van der Waals surface area contributed by atoms with E-state index in [1.165, 1.54) is 6.07 Å². The molecule has 1 aromatic carbocycles. The van der Waals surface area contributed by atoms with E-state index >= 15 is 0 Å². The van der Waals surface area contributed by atoms with Crippen LogP contribution < -0.4 is 5.32 Å². The summed E-state index contributed by atoms with van der Waals surface area (Å²) in [7, 11) is 0. The number of halogens is 2. The Kier molecular flexibility index (Phi) is 3.91. The number of hydrogen-bond donors (Lipinski definition) is 1. The molecule has 2 aromatic rings. The van der Waals surface area contributed by atoms with Crippen LogP contribution in [0.25, 0.3) is 0 Å². The highest BCUT2D eigenvalue weighted by atomic mass is 79.9. The van der Waals surface area contributed by atoms with Gasteiger partial charge in [0.1, 0.15) is 5.82 Å². The molecule has 2 rings (SSSR count). The smallest absolute Gasteiger partial charge is 0.255 e. The zero-order valence-corrected chi connectivity index (χ0v) is 11.1. The van der Waals surface area contributed by atoms with Crippen LogP contribution in [0, 0.1) is 5.82 Å². The summed E-state index contributed by atoms with van der Waals surface area (Å²) in [6, 6.07) is 6.38. The van der Waals surface area contributed by atoms with Crippen molar-refractivity contribution in [2.75, 3.05) is 0 Å². The minimum Gasteiger partial charge on any atom is -0.348 e. The SMILES string of the molecule is O=C(NCc1ccsc1)c1c(F)cccc1Br. The summed E-state index contributed by atoms with van der Waals surface area (Å²) >= 11 is 4.73. The van der Waals surface area contributed by atoms with Crippen molar-refractivity contribution in [1.29, 1.82) is 0 Å². The Morgan fingerprint density at radius 3 is 2.88 bits per heavy atom. The molecule has 0 atom stereocenters. The average Bonchev–Trinajstić information content (AvgIpc) is 2.79. The first kappa shape index (κ1) is 12.3. The molecule has 88 valence electrons. The number of rotatable bonds is 3. The van der Waals surface area contributed by atoms with Gasteiger partial charge in [-0.25, -0.2) is 4.39 Å². The Balaban J connectivity index is 2.10. The second kappa shape index (κ2) is 5.42. The predicted molar refractivity (Wildman–Crippen MR) is 69.6 cm³/mol. The third kappa shape index (κ3) is 2.92. The van der Waals surface area contributed by atoms with Crippen molar-refractivity contribution in [2.45, 2.75) is 6.54 Å². The molecule has 0 saturated heterocycles. The summed E-state index contributed by atoms with van der Waals surface area (Å²) < 4.78 is 13.9. The minimum atomic E-state index is -0.526. The Bertz CT molecular complexity index is 507. The van der Waals surface area contributed by atoms with Crippen molar-refractivity contribution >= 4 is 33.2 Å². The summed E-state index contributed by atoms with van der Waals surface area (Å²) in [6.07, 6.45) is 0. The van der Waals surface area contributed by atoms with Crippen LogP contribution in [0.3, 0.4) is 0 Å². The van der Waals surface area contributed by atoms with E-state index in [2.05, 4.69) is 21.2 Å². The van der Waals surface area contributed by atoms with Gasteiger partial charge in [0.25, 0.3) is 5.91 Å². The zero-order valence-electron chi connectivity index (χ0n) is 8.74. The highest BCUT2D eigenvalue weighted by Gasteiger charge is 2.14. The number of benzene rings is 1. The van der Waals surface area contributed by atoms with E-state index in [0.29, 0.717) is 11.0 Å². The first-order valence-corrected chi connectivity index (χ1v) is 6.65. The van der Waals surface area contributed by atoms with E-state index in [-0.39, 0.29) is 5.56 Å². The number of thiophene rings is 1. The molecule has 1 amide bonds. The molecule has 2 nitrogen and oxygen atoms in total. The van der Waals surface area contributed by atoms with Crippen molar-refractivity contribution in [1.82, 2.24) is 5.32 Å². The third-order valence-corrected chi connectivity index (χ3v) is 3.62. The third-order valence-electron chi connectivity index (χ3n) is 2.22. The van der Waals surface area contributed by atoms with Crippen molar-refractivity contribution < 1.29 is 9.18 Å². The summed E-state index contributed by atoms with van der Waals surface area (Å²) in [5.74, 6) is -0.941. The highest BCUT2D eigenvalue weighted by molar-refractivity contribution is 9.10. The Labute approximate surface area is 111 Å². The monoisotopic (exact) mass is 313 g/mol. The summed E-state index contributed by atoms with van der Waals surface area (Å²) in [6.45, 7) is 0.406. The molecule has 17 heavy (non-hydrogen) atoms. The van der Waals surface area contributed by atoms with Crippen molar-refractivity contribution in [2.24, 2.45) is 0 Å². The molecule has 0 radical (unpaired) electrons. The van der Waals surface area contributed by atoms with Crippen LogP contribution in [0.4, 0.5) is 4.39 Å². The first-order chi connectivity index (χ1) is 8.18. The molecule has 0 saturated carbocycles. The molecule has 0 bridgehead atoms. The van der Waals surface area contributed by atoms with Gasteiger partial charge in [-0.2, -0.15) is 11.3 Å². The van der Waals surface area contributed by atoms with Crippen LogP contribution in [-0.4, -0.2) is 5.91 Å². The van der Waals surface area contributed by atoms with Crippen LogP contribution >= 0.6 is 27.3 Å². The van der Waals surface area contributed by atoms with Gasteiger partial charge in [-0.3, -0.25) is 4.79 Å². The van der Waals surface area contributed by atoms with Gasteiger partial charge in [0.2, 0.25) is 0 Å². The largest absolute Gasteiger partial charge is 0.348 e. The first-order valence-electron chi connectivity index (χ1n) is 4.92. The number of hydrogen-bond acceptors (Lipinski definition) is 2. The maximum atomic E-state index is 13.5. The Morgan fingerprint density at radius 2 is 2.24 bits per heavy atom. The average molecular weight is 314 g/mol. The number of carbonyl (C=O) groups is 1. The van der Waals surface area contributed by atoms with Crippen LogP contribution in [0.5, 0.6) is 0 Å². The predicted octanol–water partition coefficient (Wildman–Crippen LogP) is 3.58. The standard InChI is InChI=1S/C12H9BrFNOS/c13-9-2-1-3-10(14)11(9)12(16)15-6-8-4-5-17-7-8/h1-5,7H,6H2,(H,15,16). The van der Waals surface area contributed by atoms with E-state index < -0.39 is 11.7 Å². The zero-order chi connectivity index (χ0) is 12.3. The second-order valence-corrected chi connectivity index (χ2v) is 5.05. The Morgan fingerprint density at radius 1 is 1.41 bits per heavy atom. The molecule has 0 aliphatic rings. The van der Waals surface area contributed by atoms with Gasteiger partial charge >= 0.3 is 0 Å².